The average molecular weight is 786 g/mol. The molecule has 2 heterocycles. The van der Waals surface area contributed by atoms with Gasteiger partial charge in [0.2, 0.25) is 0 Å². The molecule has 0 fully saturated rings. The minimum absolute atomic E-state index is 0. The summed E-state index contributed by atoms with van der Waals surface area (Å²) in [6, 6.07) is 35.9. The molecule has 4 nitrogen and oxygen atoms in total. The van der Waals surface area contributed by atoms with E-state index >= 15 is 0 Å². The smallest absolute Gasteiger partial charge is 0.164 e. The molecule has 5 heteroatoms. The number of hydrogen-bond acceptors (Lipinski definition) is 3. The van der Waals surface area contributed by atoms with Gasteiger partial charge in [0.1, 0.15) is 5.76 Å². The Balaban J connectivity index is 0.000000256. The summed E-state index contributed by atoms with van der Waals surface area (Å²) in [5.74, 6) is 0.104. The molecule has 1 radical (unpaired) electrons. The number of aliphatic hydroxyl groups excluding tert-OH is 1. The minimum Gasteiger partial charge on any atom is -0.512 e. The van der Waals surface area contributed by atoms with Crippen molar-refractivity contribution in [2.75, 3.05) is 0 Å². The summed E-state index contributed by atoms with van der Waals surface area (Å²) in [6.45, 7) is 15.8. The van der Waals surface area contributed by atoms with E-state index in [1.54, 1.807) is 0 Å². The maximum absolute atomic E-state index is 11.5. The number of ketones is 1. The number of benzene rings is 4. The Hall–Kier alpha value is -4.05. The van der Waals surface area contributed by atoms with E-state index in [0.29, 0.717) is 0 Å². The first-order valence-electron chi connectivity index (χ1n) is 15.6. The molecule has 46 heavy (non-hydrogen) atoms. The van der Waals surface area contributed by atoms with Gasteiger partial charge in [-0.15, -0.1) is 23.8 Å². The number of aliphatic hydroxyl groups is 1. The van der Waals surface area contributed by atoms with Gasteiger partial charge in [-0.25, -0.2) is 0 Å². The van der Waals surface area contributed by atoms with Crippen molar-refractivity contribution >= 4 is 38.5 Å². The van der Waals surface area contributed by atoms with Crippen LogP contribution in [0.4, 0.5) is 0 Å². The number of carbonyl (C=O) groups is 1. The van der Waals surface area contributed by atoms with Gasteiger partial charge >= 0.3 is 0 Å². The van der Waals surface area contributed by atoms with E-state index in [4.69, 9.17) is 4.98 Å². The molecule has 0 aliphatic heterocycles. The van der Waals surface area contributed by atoms with Crippen molar-refractivity contribution in [1.29, 1.82) is 0 Å². The molecule has 0 atom stereocenters. The van der Waals surface area contributed by atoms with Crippen molar-refractivity contribution in [1.82, 2.24) is 9.55 Å². The van der Waals surface area contributed by atoms with Gasteiger partial charge in [-0.2, -0.15) is 0 Å². The van der Waals surface area contributed by atoms with Crippen molar-refractivity contribution in [2.45, 2.75) is 60.8 Å². The number of carbonyl (C=O) groups excluding carboxylic acids is 1. The SMILES string of the molecule is CC(C)(C)C(=O)/C=C(\O)C(C)(C)C.CC1(C)c2cc3ccccc3nc2-c2[c-]ccc3c2c2c1cccc2n3-c1ccccc1.[Ir]. The fourth-order valence-corrected chi connectivity index (χ4v) is 6.09. The Labute approximate surface area is 285 Å². The van der Waals surface area contributed by atoms with Crippen molar-refractivity contribution in [2.24, 2.45) is 10.8 Å². The van der Waals surface area contributed by atoms with E-state index in [-0.39, 0.29) is 42.5 Å². The van der Waals surface area contributed by atoms with E-state index in [9.17, 15) is 9.90 Å². The molecule has 1 N–H and O–H groups in total. The molecule has 0 amide bonds. The molecule has 7 rings (SSSR count). The Morgan fingerprint density at radius 1 is 0.804 bits per heavy atom. The average Bonchev–Trinajstić information content (AvgIpc) is 3.31. The molecule has 0 unspecified atom stereocenters. The first kappa shape index (κ1) is 33.3. The van der Waals surface area contributed by atoms with Crippen LogP contribution in [-0.2, 0) is 30.3 Å². The molecule has 1 aliphatic carbocycles. The summed E-state index contributed by atoms with van der Waals surface area (Å²) in [6.07, 6.45) is 1.33. The quantitative estimate of drug-likeness (QED) is 0.108. The number of fused-ring (bicyclic) bond motifs is 3. The molecule has 2 aromatic heterocycles. The van der Waals surface area contributed by atoms with Crippen molar-refractivity contribution in [3.63, 3.8) is 0 Å². The summed E-state index contributed by atoms with van der Waals surface area (Å²) in [7, 11) is 0. The second-order valence-electron chi connectivity index (χ2n) is 14.6. The summed E-state index contributed by atoms with van der Waals surface area (Å²) in [5.41, 5.74) is 8.41. The normalized spacial score (nSPS) is 14.0. The Bertz CT molecular complexity index is 2120. The van der Waals surface area contributed by atoms with Gasteiger partial charge in [-0.1, -0.05) is 121 Å². The standard InChI is InChI=1S/C30H21N2.C11H20O2.Ir/c1-30(2)22-14-9-17-26-28(22)27-21(29-23(30)18-19-10-6-7-15-24(19)31-29)13-8-16-25(27)32(26)20-11-4-3-5-12-20;1-10(2,3)8(12)7-9(13)11(4,5)6;/h3-12,14-18H,1-2H3;7,12H,1-6H3;/q-1;;/b;8-7-;. The molecule has 0 spiro atoms. The zero-order valence-electron chi connectivity index (χ0n) is 27.8. The number of allylic oxidation sites excluding steroid dienone is 2. The largest absolute Gasteiger partial charge is 0.512 e. The molecule has 0 bridgehead atoms. The van der Waals surface area contributed by atoms with Gasteiger partial charge in [-0.05, 0) is 51.8 Å². The zero-order valence-corrected chi connectivity index (χ0v) is 30.2. The topological polar surface area (TPSA) is 55.1 Å². The van der Waals surface area contributed by atoms with Crippen LogP contribution in [0.3, 0.4) is 0 Å². The number of para-hydroxylation sites is 2. The fourth-order valence-electron chi connectivity index (χ4n) is 6.09. The van der Waals surface area contributed by atoms with Gasteiger partial charge in [0.05, 0.1) is 5.52 Å². The van der Waals surface area contributed by atoms with Crippen molar-refractivity contribution in [3.8, 4) is 16.9 Å². The summed E-state index contributed by atoms with van der Waals surface area (Å²) < 4.78 is 2.38. The van der Waals surface area contributed by atoms with Gasteiger partial charge < -0.3 is 9.67 Å². The predicted molar refractivity (Wildman–Crippen MR) is 187 cm³/mol. The molecule has 1 aliphatic rings. The van der Waals surface area contributed by atoms with Crippen LogP contribution in [0.25, 0.3) is 49.7 Å². The monoisotopic (exact) mass is 786 g/mol. The van der Waals surface area contributed by atoms with E-state index in [1.807, 2.05) is 41.5 Å². The summed E-state index contributed by atoms with van der Waals surface area (Å²) >= 11 is 0. The molecule has 237 valence electrons. The van der Waals surface area contributed by atoms with E-state index in [1.165, 1.54) is 50.1 Å². The fraction of sp³-hybridized carbons (Fsp3) is 0.268. The molecular formula is C41H41IrN2O2-. The third kappa shape index (κ3) is 5.72. The molecular weight excluding hydrogens is 745 g/mol. The predicted octanol–water partition coefficient (Wildman–Crippen LogP) is 10.5. The first-order chi connectivity index (χ1) is 21.2. The maximum Gasteiger partial charge on any atom is 0.164 e. The van der Waals surface area contributed by atoms with E-state index < -0.39 is 5.41 Å². The van der Waals surface area contributed by atoms with Crippen molar-refractivity contribution < 1.29 is 30.0 Å². The van der Waals surface area contributed by atoms with Gasteiger partial charge in [-0.3, -0.25) is 9.78 Å². The molecule has 0 saturated carbocycles. The van der Waals surface area contributed by atoms with Crippen LogP contribution < -0.4 is 0 Å². The Kier molecular flexibility index (Phi) is 8.66. The maximum atomic E-state index is 11.5. The number of nitrogens with zero attached hydrogens (tertiary/aromatic N) is 2. The van der Waals surface area contributed by atoms with Crippen LogP contribution in [0.5, 0.6) is 0 Å². The van der Waals surface area contributed by atoms with Gasteiger partial charge in [0.15, 0.2) is 5.78 Å². The van der Waals surface area contributed by atoms with Crippen LogP contribution >= 0.6 is 0 Å². The minimum atomic E-state index is -0.417. The number of hydrogen-bond donors (Lipinski definition) is 1. The molecule has 6 aromatic rings. The third-order valence-corrected chi connectivity index (χ3v) is 8.85. The van der Waals surface area contributed by atoms with Gasteiger partial charge in [0, 0.05) is 53.6 Å². The van der Waals surface area contributed by atoms with E-state index in [0.717, 1.165) is 16.8 Å². The Morgan fingerprint density at radius 2 is 1.46 bits per heavy atom. The van der Waals surface area contributed by atoms with Gasteiger partial charge in [0.25, 0.3) is 0 Å². The number of aromatic nitrogens is 2. The molecule has 0 saturated heterocycles. The van der Waals surface area contributed by atoms with Crippen LogP contribution in [0, 0.1) is 16.9 Å². The summed E-state index contributed by atoms with van der Waals surface area (Å²) in [4.78, 5) is 16.7. The van der Waals surface area contributed by atoms with E-state index in [2.05, 4.69) is 115 Å². The Morgan fingerprint density at radius 3 is 2.13 bits per heavy atom. The van der Waals surface area contributed by atoms with Crippen molar-refractivity contribution in [3.05, 3.63) is 120 Å². The summed E-state index contributed by atoms with van der Waals surface area (Å²) in [5, 5.41) is 13.3. The first-order valence-corrected chi connectivity index (χ1v) is 15.6. The number of pyridine rings is 1. The second-order valence-corrected chi connectivity index (χ2v) is 14.6. The van der Waals surface area contributed by atoms with Crippen LogP contribution in [0.15, 0.2) is 103 Å². The second kappa shape index (κ2) is 12.0. The van der Waals surface area contributed by atoms with Crippen LogP contribution in [0.1, 0.15) is 66.5 Å². The third-order valence-electron chi connectivity index (χ3n) is 8.85. The molecule has 4 aromatic carbocycles. The van der Waals surface area contributed by atoms with Crippen LogP contribution in [-0.4, -0.2) is 20.4 Å². The zero-order chi connectivity index (χ0) is 32.3. The number of rotatable bonds is 2. The van der Waals surface area contributed by atoms with Crippen LogP contribution in [0.2, 0.25) is 0 Å².